The van der Waals surface area contributed by atoms with E-state index >= 15 is 0 Å². The van der Waals surface area contributed by atoms with Crippen molar-refractivity contribution in [3.8, 4) is 0 Å². The second-order valence-corrected chi connectivity index (χ2v) is 6.49. The van der Waals surface area contributed by atoms with Crippen molar-refractivity contribution in [3.05, 3.63) is 86.8 Å². The second-order valence-electron chi connectivity index (χ2n) is 6.49. The van der Waals surface area contributed by atoms with E-state index in [-0.39, 0.29) is 17.5 Å². The van der Waals surface area contributed by atoms with Gasteiger partial charge in [-0.05, 0) is 43.5 Å². The SMILES string of the molecule is Cc1cccc(N/C(N)=N/c2nc(C)c(Cc3ccccc3)c(=O)[nH]2)c1C. The number of benzene rings is 2. The molecule has 0 bridgehead atoms. The average molecular weight is 361 g/mol. The van der Waals surface area contributed by atoms with E-state index in [2.05, 4.69) is 20.3 Å². The summed E-state index contributed by atoms with van der Waals surface area (Å²) in [5.74, 6) is 0.353. The smallest absolute Gasteiger partial charge is 0.256 e. The van der Waals surface area contributed by atoms with Crippen LogP contribution in [-0.4, -0.2) is 15.9 Å². The molecule has 0 spiro atoms. The van der Waals surface area contributed by atoms with Gasteiger partial charge in [0.15, 0.2) is 0 Å². The standard InChI is InChI=1S/C21H23N5O/c1-13-8-7-11-18(14(13)2)24-20(22)26-21-23-15(3)17(19(27)25-21)12-16-9-5-4-6-10-16/h4-11H,12H2,1-3H3,(H4,22,23,24,25,26,27). The normalized spacial score (nSPS) is 11.4. The van der Waals surface area contributed by atoms with E-state index in [4.69, 9.17) is 5.73 Å². The third kappa shape index (κ3) is 4.41. The van der Waals surface area contributed by atoms with Gasteiger partial charge in [-0.25, -0.2) is 4.98 Å². The van der Waals surface area contributed by atoms with Gasteiger partial charge in [-0.1, -0.05) is 42.5 Å². The van der Waals surface area contributed by atoms with Crippen molar-refractivity contribution in [2.75, 3.05) is 5.32 Å². The molecule has 0 fully saturated rings. The third-order valence-electron chi connectivity index (χ3n) is 4.53. The molecule has 138 valence electrons. The van der Waals surface area contributed by atoms with Crippen LogP contribution in [0.2, 0.25) is 0 Å². The Labute approximate surface area is 158 Å². The van der Waals surface area contributed by atoms with Gasteiger partial charge in [0.05, 0.1) is 5.69 Å². The molecular weight excluding hydrogens is 338 g/mol. The van der Waals surface area contributed by atoms with Crippen LogP contribution in [0, 0.1) is 20.8 Å². The predicted molar refractivity (Wildman–Crippen MR) is 110 cm³/mol. The Balaban J connectivity index is 1.84. The van der Waals surface area contributed by atoms with Crippen LogP contribution in [0.15, 0.2) is 58.3 Å². The first-order valence-electron chi connectivity index (χ1n) is 8.75. The quantitative estimate of drug-likeness (QED) is 0.490. The molecule has 0 aliphatic carbocycles. The Kier molecular flexibility index (Phi) is 5.35. The lowest BCUT2D eigenvalue weighted by Gasteiger charge is -2.11. The number of nitrogens with zero attached hydrogens (tertiary/aromatic N) is 2. The molecule has 0 aliphatic heterocycles. The molecule has 6 nitrogen and oxygen atoms in total. The van der Waals surface area contributed by atoms with Crippen LogP contribution >= 0.6 is 0 Å². The summed E-state index contributed by atoms with van der Waals surface area (Å²) in [6.07, 6.45) is 0.523. The molecule has 0 atom stereocenters. The number of hydrogen-bond acceptors (Lipinski definition) is 3. The lowest BCUT2D eigenvalue weighted by atomic mass is 10.1. The highest BCUT2D eigenvalue weighted by Crippen LogP contribution is 2.18. The van der Waals surface area contributed by atoms with Gasteiger partial charge in [-0.3, -0.25) is 9.78 Å². The lowest BCUT2D eigenvalue weighted by Crippen LogP contribution is -2.24. The van der Waals surface area contributed by atoms with Gasteiger partial charge in [0.2, 0.25) is 11.9 Å². The van der Waals surface area contributed by atoms with Crippen LogP contribution in [0.4, 0.5) is 11.6 Å². The van der Waals surface area contributed by atoms with E-state index in [1.807, 2.05) is 62.4 Å². The van der Waals surface area contributed by atoms with E-state index < -0.39 is 0 Å². The maximum absolute atomic E-state index is 12.5. The summed E-state index contributed by atoms with van der Waals surface area (Å²) in [5.41, 5.74) is 11.2. The third-order valence-corrected chi connectivity index (χ3v) is 4.53. The summed E-state index contributed by atoms with van der Waals surface area (Å²) in [4.78, 5) is 23.8. The fraction of sp³-hybridized carbons (Fsp3) is 0.190. The number of aromatic nitrogens is 2. The van der Waals surface area contributed by atoms with E-state index in [1.54, 1.807) is 6.92 Å². The Morgan fingerprint density at radius 3 is 2.56 bits per heavy atom. The average Bonchev–Trinajstić information content (AvgIpc) is 2.63. The van der Waals surface area contributed by atoms with E-state index in [0.29, 0.717) is 17.7 Å². The monoisotopic (exact) mass is 361 g/mol. The number of rotatable bonds is 4. The number of aliphatic imine (C=N–C) groups is 1. The highest BCUT2D eigenvalue weighted by Gasteiger charge is 2.09. The first kappa shape index (κ1) is 18.4. The fourth-order valence-electron chi connectivity index (χ4n) is 2.82. The van der Waals surface area contributed by atoms with Crippen LogP contribution in [0.5, 0.6) is 0 Å². The molecule has 0 saturated heterocycles. The predicted octanol–water partition coefficient (Wildman–Crippen LogP) is 3.34. The van der Waals surface area contributed by atoms with Gasteiger partial charge in [0.1, 0.15) is 0 Å². The molecular formula is C21H23N5O. The van der Waals surface area contributed by atoms with Crippen LogP contribution in [0.1, 0.15) is 27.9 Å². The maximum atomic E-state index is 12.5. The molecule has 1 heterocycles. The van der Waals surface area contributed by atoms with Gasteiger partial charge in [-0.2, -0.15) is 4.99 Å². The Hall–Kier alpha value is -3.41. The first-order chi connectivity index (χ1) is 12.9. The summed E-state index contributed by atoms with van der Waals surface area (Å²) < 4.78 is 0. The van der Waals surface area contributed by atoms with Crippen LogP contribution in [-0.2, 0) is 6.42 Å². The number of nitrogens with two attached hydrogens (primary N) is 1. The molecule has 3 aromatic rings. The summed E-state index contributed by atoms with van der Waals surface area (Å²) in [5, 5.41) is 3.06. The Bertz CT molecular complexity index is 1040. The number of hydrogen-bond donors (Lipinski definition) is 3. The van der Waals surface area contributed by atoms with Crippen LogP contribution in [0.25, 0.3) is 0 Å². The zero-order valence-corrected chi connectivity index (χ0v) is 15.7. The topological polar surface area (TPSA) is 96.2 Å². The molecule has 0 radical (unpaired) electrons. The summed E-state index contributed by atoms with van der Waals surface area (Å²) >= 11 is 0. The van der Waals surface area contributed by atoms with Gasteiger partial charge < -0.3 is 11.1 Å². The van der Waals surface area contributed by atoms with Crippen LogP contribution in [0.3, 0.4) is 0 Å². The highest BCUT2D eigenvalue weighted by molar-refractivity contribution is 5.94. The lowest BCUT2D eigenvalue weighted by molar-refractivity contribution is 0.973. The fourth-order valence-corrected chi connectivity index (χ4v) is 2.82. The molecule has 27 heavy (non-hydrogen) atoms. The largest absolute Gasteiger partial charge is 0.369 e. The van der Waals surface area contributed by atoms with Crippen molar-refractivity contribution in [2.24, 2.45) is 10.7 Å². The van der Waals surface area contributed by atoms with Gasteiger partial charge in [0.25, 0.3) is 5.56 Å². The number of anilines is 1. The number of aromatic amines is 1. The molecule has 4 N–H and O–H groups in total. The zero-order chi connectivity index (χ0) is 19.4. The molecule has 0 aliphatic rings. The summed E-state index contributed by atoms with van der Waals surface area (Å²) in [6, 6.07) is 15.7. The summed E-state index contributed by atoms with van der Waals surface area (Å²) in [7, 11) is 0. The van der Waals surface area contributed by atoms with Crippen molar-refractivity contribution in [1.29, 1.82) is 0 Å². The van der Waals surface area contributed by atoms with Crippen molar-refractivity contribution in [1.82, 2.24) is 9.97 Å². The minimum atomic E-state index is -0.204. The first-order valence-corrected chi connectivity index (χ1v) is 8.75. The Morgan fingerprint density at radius 2 is 1.85 bits per heavy atom. The minimum absolute atomic E-state index is 0.169. The van der Waals surface area contributed by atoms with Gasteiger partial charge in [0, 0.05) is 17.7 Å². The van der Waals surface area contributed by atoms with E-state index in [0.717, 1.165) is 22.4 Å². The number of nitrogens with one attached hydrogen (secondary N) is 2. The number of H-pyrrole nitrogens is 1. The van der Waals surface area contributed by atoms with Gasteiger partial charge in [-0.15, -0.1) is 0 Å². The maximum Gasteiger partial charge on any atom is 0.256 e. The van der Waals surface area contributed by atoms with Crippen molar-refractivity contribution < 1.29 is 0 Å². The summed E-state index contributed by atoms with van der Waals surface area (Å²) in [6.45, 7) is 5.84. The van der Waals surface area contributed by atoms with E-state index in [9.17, 15) is 4.79 Å². The molecule has 0 unspecified atom stereocenters. The number of guanidine groups is 1. The van der Waals surface area contributed by atoms with Crippen molar-refractivity contribution in [3.63, 3.8) is 0 Å². The molecule has 1 aromatic heterocycles. The Morgan fingerprint density at radius 1 is 1.11 bits per heavy atom. The highest BCUT2D eigenvalue weighted by atomic mass is 16.1. The molecule has 3 rings (SSSR count). The van der Waals surface area contributed by atoms with Gasteiger partial charge >= 0.3 is 0 Å². The van der Waals surface area contributed by atoms with Crippen molar-refractivity contribution >= 4 is 17.6 Å². The molecule has 0 amide bonds. The minimum Gasteiger partial charge on any atom is -0.369 e. The molecule has 6 heteroatoms. The van der Waals surface area contributed by atoms with Crippen molar-refractivity contribution in [2.45, 2.75) is 27.2 Å². The molecule has 2 aromatic carbocycles. The zero-order valence-electron chi connectivity index (χ0n) is 15.7. The number of aryl methyl sites for hydroxylation is 2. The second kappa shape index (κ2) is 7.86. The molecule has 0 saturated carbocycles. The van der Waals surface area contributed by atoms with E-state index in [1.165, 1.54) is 0 Å². The van der Waals surface area contributed by atoms with Crippen LogP contribution < -0.4 is 16.6 Å².